The number of hydrogen-bond acceptors (Lipinski definition) is 13. The van der Waals surface area contributed by atoms with E-state index in [0.29, 0.717) is 0 Å². The van der Waals surface area contributed by atoms with E-state index in [1.54, 1.807) is 0 Å². The summed E-state index contributed by atoms with van der Waals surface area (Å²) >= 11 is 0. The maximum atomic E-state index is 11.7. The molecular formula is C33H31N3O14. The Labute approximate surface area is 283 Å². The number of phenolic OH excluding ortho intramolecular Hbond substituents is 2. The molecule has 0 bridgehead atoms. The number of benzene rings is 3. The van der Waals surface area contributed by atoms with E-state index < -0.39 is 36.1 Å². The molecule has 1 aromatic heterocycles. The van der Waals surface area contributed by atoms with Crippen molar-refractivity contribution < 1.29 is 68.8 Å². The third-order valence-corrected chi connectivity index (χ3v) is 6.73. The molecule has 6 N–H and O–H groups in total. The van der Waals surface area contributed by atoms with Crippen molar-refractivity contribution >= 4 is 23.9 Å². The predicted octanol–water partition coefficient (Wildman–Crippen LogP) is 3.69. The molecule has 0 aliphatic carbocycles. The van der Waals surface area contributed by atoms with E-state index in [2.05, 4.69) is 15.0 Å². The second kappa shape index (κ2) is 16.0. The average Bonchev–Trinajstić information content (AvgIpc) is 3.04. The van der Waals surface area contributed by atoms with Crippen LogP contribution < -0.4 is 18.9 Å². The van der Waals surface area contributed by atoms with E-state index >= 15 is 0 Å². The molecule has 0 spiro atoms. The average molecular weight is 694 g/mol. The van der Waals surface area contributed by atoms with Crippen molar-refractivity contribution in [1.29, 1.82) is 0 Å². The minimum Gasteiger partial charge on any atom is -0.507 e. The van der Waals surface area contributed by atoms with Gasteiger partial charge in [-0.3, -0.25) is 9.59 Å². The Hall–Kier alpha value is -6.65. The third kappa shape index (κ3) is 9.46. The Balaban J connectivity index is 1.86. The molecule has 0 radical (unpaired) electrons. The van der Waals surface area contributed by atoms with Gasteiger partial charge in [0.2, 0.25) is 0 Å². The number of ether oxygens (including phenoxy) is 4. The van der Waals surface area contributed by atoms with Crippen molar-refractivity contribution in [2.24, 2.45) is 0 Å². The highest BCUT2D eigenvalue weighted by Gasteiger charge is 2.23. The van der Waals surface area contributed by atoms with Crippen LogP contribution in [-0.4, -0.2) is 94.9 Å². The van der Waals surface area contributed by atoms with Gasteiger partial charge in [-0.25, -0.2) is 24.5 Å². The molecule has 1 heterocycles. The highest BCUT2D eigenvalue weighted by Crippen LogP contribution is 2.38. The van der Waals surface area contributed by atoms with Crippen LogP contribution in [0, 0.1) is 0 Å². The van der Waals surface area contributed by atoms with Crippen LogP contribution in [0.1, 0.15) is 26.7 Å². The normalized spacial score (nSPS) is 12.0. The number of hydrogen-bond donors (Lipinski definition) is 6. The van der Waals surface area contributed by atoms with Crippen molar-refractivity contribution in [3.05, 3.63) is 54.6 Å². The largest absolute Gasteiger partial charge is 0.507 e. The molecule has 262 valence electrons. The number of carboxylic acids is 4. The van der Waals surface area contributed by atoms with Crippen LogP contribution in [0.4, 0.5) is 0 Å². The quantitative estimate of drug-likeness (QED) is 0.0920. The third-order valence-electron chi connectivity index (χ3n) is 6.73. The maximum absolute atomic E-state index is 11.7. The van der Waals surface area contributed by atoms with Gasteiger partial charge in [-0.05, 0) is 50.2 Å². The van der Waals surface area contributed by atoms with Crippen molar-refractivity contribution in [2.75, 3.05) is 13.2 Å². The summed E-state index contributed by atoms with van der Waals surface area (Å²) in [6.07, 6.45) is -3.21. The molecule has 0 amide bonds. The van der Waals surface area contributed by atoms with E-state index in [4.69, 9.17) is 29.2 Å². The standard InChI is InChI=1S/C33H31N3O14/c1-16(32(43)44)49-20-5-8-23(26(15-20)50-17(2)33(45)46)31-35-29(21-6-3-18(13-24(21)37)47-11-9-27(39)40)34-30(36-31)22-7-4-19(14-25(22)38)48-12-10-28(41)42/h3-8,13-17,37-38H,9-12H2,1-2H3,(H,39,40)(H,41,42)(H,43,44)(H,45,46). The molecule has 4 rings (SSSR count). The first-order chi connectivity index (χ1) is 23.7. The van der Waals surface area contributed by atoms with Crippen LogP contribution in [0.25, 0.3) is 34.2 Å². The van der Waals surface area contributed by atoms with E-state index in [9.17, 15) is 39.6 Å². The summed E-state index contributed by atoms with van der Waals surface area (Å²) in [6.45, 7) is 2.24. The smallest absolute Gasteiger partial charge is 0.344 e. The van der Waals surface area contributed by atoms with Gasteiger partial charge in [0, 0.05) is 18.2 Å². The van der Waals surface area contributed by atoms with Gasteiger partial charge in [-0.2, -0.15) is 0 Å². The van der Waals surface area contributed by atoms with Crippen LogP contribution in [0.2, 0.25) is 0 Å². The van der Waals surface area contributed by atoms with Gasteiger partial charge in [-0.15, -0.1) is 0 Å². The molecule has 17 heteroatoms. The molecule has 2 atom stereocenters. The number of carbonyl (C=O) groups is 4. The number of aromatic nitrogens is 3. The van der Waals surface area contributed by atoms with Crippen molar-refractivity contribution in [2.45, 2.75) is 38.9 Å². The molecule has 4 aromatic rings. The second-order valence-electron chi connectivity index (χ2n) is 10.5. The van der Waals surface area contributed by atoms with Gasteiger partial charge in [0.15, 0.2) is 29.7 Å². The number of rotatable bonds is 17. The minimum absolute atomic E-state index is 0.0259. The Morgan fingerprint density at radius 1 is 0.580 bits per heavy atom. The Morgan fingerprint density at radius 2 is 0.980 bits per heavy atom. The first-order valence-electron chi connectivity index (χ1n) is 14.8. The van der Waals surface area contributed by atoms with Crippen molar-refractivity contribution in [3.8, 4) is 68.7 Å². The zero-order valence-corrected chi connectivity index (χ0v) is 26.5. The fourth-order valence-electron chi connectivity index (χ4n) is 4.18. The minimum atomic E-state index is -1.39. The molecular weight excluding hydrogens is 662 g/mol. The van der Waals surface area contributed by atoms with Gasteiger partial charge in [-0.1, -0.05) is 0 Å². The van der Waals surface area contributed by atoms with Crippen LogP contribution in [0.3, 0.4) is 0 Å². The summed E-state index contributed by atoms with van der Waals surface area (Å²) in [4.78, 5) is 58.2. The summed E-state index contributed by atoms with van der Waals surface area (Å²) in [5, 5.41) is 58.4. The lowest BCUT2D eigenvalue weighted by molar-refractivity contribution is -0.144. The van der Waals surface area contributed by atoms with Gasteiger partial charge in [0.25, 0.3) is 0 Å². The maximum Gasteiger partial charge on any atom is 0.344 e. The topological polar surface area (TPSA) is 265 Å². The molecule has 0 saturated carbocycles. The molecule has 2 unspecified atom stereocenters. The van der Waals surface area contributed by atoms with Crippen LogP contribution >= 0.6 is 0 Å². The number of phenols is 2. The Bertz CT molecular complexity index is 1830. The highest BCUT2D eigenvalue weighted by atomic mass is 16.5. The second-order valence-corrected chi connectivity index (χ2v) is 10.5. The number of nitrogens with zero attached hydrogens (tertiary/aromatic N) is 3. The summed E-state index contributed by atoms with van der Waals surface area (Å²) in [5.74, 6) is -5.60. The fraction of sp³-hybridized carbons (Fsp3) is 0.242. The van der Waals surface area contributed by atoms with Crippen LogP contribution in [-0.2, 0) is 19.2 Å². The zero-order chi connectivity index (χ0) is 36.5. The lowest BCUT2D eigenvalue weighted by atomic mass is 10.1. The summed E-state index contributed by atoms with van der Waals surface area (Å²) in [5.41, 5.74) is 0.218. The SMILES string of the molecule is CC(Oc1ccc(-c2nc(-c3ccc(OCCC(=O)O)cc3O)nc(-c3ccc(OCCC(=O)O)cc3O)n2)c(OC(C)C(=O)O)c1)C(=O)O. The molecule has 0 aliphatic rings. The number of aliphatic carboxylic acids is 4. The van der Waals surface area contributed by atoms with Crippen LogP contribution in [0.5, 0.6) is 34.5 Å². The van der Waals surface area contributed by atoms with Gasteiger partial charge in [0.1, 0.15) is 34.5 Å². The van der Waals surface area contributed by atoms with E-state index in [1.807, 2.05) is 0 Å². The zero-order valence-electron chi connectivity index (χ0n) is 26.5. The van der Waals surface area contributed by atoms with Crippen LogP contribution in [0.15, 0.2) is 54.6 Å². The molecule has 50 heavy (non-hydrogen) atoms. The van der Waals surface area contributed by atoms with E-state index in [1.165, 1.54) is 68.4 Å². The van der Waals surface area contributed by atoms with Gasteiger partial charge < -0.3 is 49.6 Å². The van der Waals surface area contributed by atoms with Crippen molar-refractivity contribution in [1.82, 2.24) is 15.0 Å². The molecule has 0 saturated heterocycles. The highest BCUT2D eigenvalue weighted by molar-refractivity contribution is 5.77. The Kier molecular flexibility index (Phi) is 11.6. The van der Waals surface area contributed by atoms with E-state index in [0.717, 1.165) is 0 Å². The van der Waals surface area contributed by atoms with Gasteiger partial charge in [0.05, 0.1) is 42.7 Å². The summed E-state index contributed by atoms with van der Waals surface area (Å²) in [7, 11) is 0. The lowest BCUT2D eigenvalue weighted by Crippen LogP contribution is -2.24. The number of carboxylic acid groups (broad SMARTS) is 4. The molecule has 17 nitrogen and oxygen atoms in total. The molecule has 0 aliphatic heterocycles. The summed E-state index contributed by atoms with van der Waals surface area (Å²) in [6, 6.07) is 12.2. The first kappa shape index (κ1) is 36.2. The first-order valence-corrected chi connectivity index (χ1v) is 14.8. The monoisotopic (exact) mass is 693 g/mol. The molecule has 3 aromatic carbocycles. The van der Waals surface area contributed by atoms with Crippen molar-refractivity contribution in [3.63, 3.8) is 0 Å². The van der Waals surface area contributed by atoms with Gasteiger partial charge >= 0.3 is 23.9 Å². The molecule has 0 fully saturated rings. The lowest BCUT2D eigenvalue weighted by Gasteiger charge is -2.17. The fourth-order valence-corrected chi connectivity index (χ4v) is 4.18. The Morgan fingerprint density at radius 3 is 1.40 bits per heavy atom. The summed E-state index contributed by atoms with van der Waals surface area (Å²) < 4.78 is 21.9. The predicted molar refractivity (Wildman–Crippen MR) is 170 cm³/mol. The van der Waals surface area contributed by atoms with E-state index in [-0.39, 0.29) is 94.7 Å². The number of aromatic hydroxyl groups is 2.